The maximum absolute atomic E-state index is 14.4. The number of hydrogen-bond acceptors (Lipinski definition) is 3. The number of amides is 1. The smallest absolute Gasteiger partial charge is 0.224 e. The molecular weight excluding hydrogens is 393 g/mol. The van der Waals surface area contributed by atoms with Gasteiger partial charge in [0.1, 0.15) is 11.4 Å². The van der Waals surface area contributed by atoms with E-state index >= 15 is 0 Å². The molecule has 3 rings (SSSR count). The lowest BCUT2D eigenvalue weighted by atomic mass is 10.0. The van der Waals surface area contributed by atoms with Gasteiger partial charge in [-0.2, -0.15) is 0 Å². The topological polar surface area (TPSA) is 62.2 Å². The minimum absolute atomic E-state index is 0.173. The average molecular weight is 414 g/mol. The first kappa shape index (κ1) is 21.5. The van der Waals surface area contributed by atoms with E-state index in [0.29, 0.717) is 16.8 Å². The highest BCUT2D eigenvalue weighted by Crippen LogP contribution is 2.24. The van der Waals surface area contributed by atoms with Crippen LogP contribution in [0.5, 0.6) is 0 Å². The summed E-state index contributed by atoms with van der Waals surface area (Å²) in [5.41, 5.74) is 1.04. The zero-order valence-electron chi connectivity index (χ0n) is 16.5. The summed E-state index contributed by atoms with van der Waals surface area (Å²) in [4.78, 5) is 16.3. The molecule has 1 aromatic heterocycles. The fourth-order valence-electron chi connectivity index (χ4n) is 2.90. The van der Waals surface area contributed by atoms with Crippen LogP contribution in [-0.4, -0.2) is 16.0 Å². The van der Waals surface area contributed by atoms with Crippen LogP contribution >= 0.6 is 0 Å². The predicted molar refractivity (Wildman–Crippen MR) is 107 cm³/mol. The van der Waals surface area contributed by atoms with E-state index < -0.39 is 23.1 Å². The molecule has 2 aromatic carbocycles. The van der Waals surface area contributed by atoms with Crippen molar-refractivity contribution in [1.29, 1.82) is 0 Å². The Bertz CT molecular complexity index is 1080. The highest BCUT2D eigenvalue weighted by molar-refractivity contribution is 5.79. The molecule has 4 nitrogen and oxygen atoms in total. The molecule has 156 valence electrons. The standard InChI is InChI=1S/C23H21F3N2O2/c1-23(2,30)21-9-14(7-8-27-21)13-28-22(29)12-17-4-3-15(10-19(17)25)16-5-6-18(24)20(26)11-16/h3-11,30H,12-13H2,1-2H3,(H,28,29). The number of nitrogens with zero attached hydrogens (tertiary/aromatic N) is 1. The Kier molecular flexibility index (Phi) is 6.22. The van der Waals surface area contributed by atoms with Crippen LogP contribution in [0.2, 0.25) is 0 Å². The first-order valence-corrected chi connectivity index (χ1v) is 9.32. The first-order chi connectivity index (χ1) is 14.1. The van der Waals surface area contributed by atoms with E-state index in [0.717, 1.165) is 17.7 Å². The molecule has 0 aliphatic heterocycles. The van der Waals surface area contributed by atoms with Crippen molar-refractivity contribution < 1.29 is 23.1 Å². The number of pyridine rings is 1. The van der Waals surface area contributed by atoms with Crippen LogP contribution in [0.25, 0.3) is 11.1 Å². The molecule has 0 bridgehead atoms. The highest BCUT2D eigenvalue weighted by Gasteiger charge is 2.18. The number of carbonyl (C=O) groups is 1. The molecule has 0 atom stereocenters. The molecule has 0 fully saturated rings. The van der Waals surface area contributed by atoms with Crippen molar-refractivity contribution in [2.75, 3.05) is 0 Å². The fourth-order valence-corrected chi connectivity index (χ4v) is 2.90. The summed E-state index contributed by atoms with van der Waals surface area (Å²) in [5, 5.41) is 12.7. The van der Waals surface area contributed by atoms with E-state index in [9.17, 15) is 23.1 Å². The molecule has 30 heavy (non-hydrogen) atoms. The Labute approximate surface area is 172 Å². The number of benzene rings is 2. The SMILES string of the molecule is CC(C)(O)c1cc(CNC(=O)Cc2ccc(-c3ccc(F)c(F)c3)cc2F)ccn1. The van der Waals surface area contributed by atoms with Gasteiger partial charge in [-0.1, -0.05) is 18.2 Å². The van der Waals surface area contributed by atoms with Gasteiger partial charge in [-0.15, -0.1) is 0 Å². The molecule has 0 aliphatic carbocycles. The summed E-state index contributed by atoms with van der Waals surface area (Å²) in [5.74, 6) is -2.98. The molecule has 7 heteroatoms. The number of aliphatic hydroxyl groups is 1. The van der Waals surface area contributed by atoms with Crippen LogP contribution in [0.3, 0.4) is 0 Å². The highest BCUT2D eigenvalue weighted by atomic mass is 19.2. The first-order valence-electron chi connectivity index (χ1n) is 9.32. The van der Waals surface area contributed by atoms with Gasteiger partial charge in [0.25, 0.3) is 0 Å². The van der Waals surface area contributed by atoms with Crippen molar-refractivity contribution in [3.63, 3.8) is 0 Å². The zero-order chi connectivity index (χ0) is 21.9. The molecule has 0 unspecified atom stereocenters. The Morgan fingerprint density at radius 1 is 0.967 bits per heavy atom. The molecular formula is C23H21F3N2O2. The number of carbonyl (C=O) groups excluding carboxylic acids is 1. The van der Waals surface area contributed by atoms with E-state index in [1.54, 1.807) is 38.2 Å². The summed E-state index contributed by atoms with van der Waals surface area (Å²) < 4.78 is 40.9. The average Bonchev–Trinajstić information content (AvgIpc) is 2.69. The minimum Gasteiger partial charge on any atom is -0.384 e. The van der Waals surface area contributed by atoms with Crippen molar-refractivity contribution in [1.82, 2.24) is 10.3 Å². The normalized spacial score (nSPS) is 11.4. The molecule has 1 amide bonds. The summed E-state index contributed by atoms with van der Waals surface area (Å²) in [7, 11) is 0. The Balaban J connectivity index is 1.65. The summed E-state index contributed by atoms with van der Waals surface area (Å²) >= 11 is 0. The van der Waals surface area contributed by atoms with Gasteiger partial charge in [-0.3, -0.25) is 9.78 Å². The summed E-state index contributed by atoms with van der Waals surface area (Å²) in [6.45, 7) is 3.44. The zero-order valence-corrected chi connectivity index (χ0v) is 16.5. The van der Waals surface area contributed by atoms with Crippen molar-refractivity contribution in [3.8, 4) is 11.1 Å². The third kappa shape index (κ3) is 5.24. The fraction of sp³-hybridized carbons (Fsp3) is 0.217. The number of halogens is 3. The molecule has 0 radical (unpaired) electrons. The maximum Gasteiger partial charge on any atom is 0.224 e. The summed E-state index contributed by atoms with van der Waals surface area (Å²) in [6.07, 6.45) is 1.37. The van der Waals surface area contributed by atoms with Gasteiger partial charge in [0.2, 0.25) is 5.91 Å². The Morgan fingerprint density at radius 2 is 1.63 bits per heavy atom. The monoisotopic (exact) mass is 414 g/mol. The maximum atomic E-state index is 14.4. The van der Waals surface area contributed by atoms with Gasteiger partial charge in [-0.05, 0) is 66.4 Å². The summed E-state index contributed by atoms with van der Waals surface area (Å²) in [6, 6.07) is 10.9. The Hall–Kier alpha value is -3.19. The lowest BCUT2D eigenvalue weighted by Crippen LogP contribution is -2.25. The van der Waals surface area contributed by atoms with E-state index in [1.807, 2.05) is 0 Å². The van der Waals surface area contributed by atoms with E-state index in [2.05, 4.69) is 10.3 Å². The van der Waals surface area contributed by atoms with Crippen LogP contribution < -0.4 is 5.32 Å². The number of aromatic nitrogens is 1. The second-order valence-corrected chi connectivity index (χ2v) is 7.50. The van der Waals surface area contributed by atoms with Gasteiger partial charge in [-0.25, -0.2) is 13.2 Å². The van der Waals surface area contributed by atoms with Crippen molar-refractivity contribution >= 4 is 5.91 Å². The number of nitrogens with one attached hydrogen (secondary N) is 1. The lowest BCUT2D eigenvalue weighted by Gasteiger charge is -2.17. The van der Waals surface area contributed by atoms with Gasteiger partial charge in [0.15, 0.2) is 11.6 Å². The number of hydrogen-bond donors (Lipinski definition) is 2. The molecule has 3 aromatic rings. The van der Waals surface area contributed by atoms with Crippen molar-refractivity contribution in [3.05, 3.63) is 89.0 Å². The second kappa shape index (κ2) is 8.67. The van der Waals surface area contributed by atoms with Gasteiger partial charge in [0.05, 0.1) is 12.1 Å². The van der Waals surface area contributed by atoms with E-state index in [-0.39, 0.29) is 24.4 Å². The lowest BCUT2D eigenvalue weighted by molar-refractivity contribution is -0.120. The largest absolute Gasteiger partial charge is 0.384 e. The molecule has 0 spiro atoms. The van der Waals surface area contributed by atoms with Crippen molar-refractivity contribution in [2.24, 2.45) is 0 Å². The predicted octanol–water partition coefficient (Wildman–Crippen LogP) is 4.25. The quantitative estimate of drug-likeness (QED) is 0.634. The number of rotatable bonds is 6. The molecule has 0 saturated carbocycles. The van der Waals surface area contributed by atoms with E-state index in [1.165, 1.54) is 18.2 Å². The minimum atomic E-state index is -1.10. The van der Waals surface area contributed by atoms with Gasteiger partial charge < -0.3 is 10.4 Å². The second-order valence-electron chi connectivity index (χ2n) is 7.50. The molecule has 0 aliphatic rings. The van der Waals surface area contributed by atoms with Crippen LogP contribution in [0.4, 0.5) is 13.2 Å². The van der Waals surface area contributed by atoms with Crippen LogP contribution in [0.15, 0.2) is 54.7 Å². The molecule has 1 heterocycles. The van der Waals surface area contributed by atoms with Gasteiger partial charge >= 0.3 is 0 Å². The van der Waals surface area contributed by atoms with E-state index in [4.69, 9.17) is 0 Å². The van der Waals surface area contributed by atoms with Crippen LogP contribution in [-0.2, 0) is 23.4 Å². The Morgan fingerprint density at radius 3 is 2.27 bits per heavy atom. The van der Waals surface area contributed by atoms with Gasteiger partial charge in [0, 0.05) is 12.7 Å². The van der Waals surface area contributed by atoms with Crippen LogP contribution in [0.1, 0.15) is 30.7 Å². The van der Waals surface area contributed by atoms with Crippen molar-refractivity contribution in [2.45, 2.75) is 32.4 Å². The molecule has 0 saturated heterocycles. The third-order valence-electron chi connectivity index (χ3n) is 4.60. The van der Waals surface area contributed by atoms with Crippen LogP contribution in [0, 0.1) is 17.5 Å². The molecule has 2 N–H and O–H groups in total. The third-order valence-corrected chi connectivity index (χ3v) is 4.60.